The number of nitrogens with two attached hydrogens (primary N) is 1. The van der Waals surface area contributed by atoms with Gasteiger partial charge in [0.15, 0.2) is 5.43 Å². The number of phenolic OH excluding ortho intramolecular Hbond substituents is 1. The summed E-state index contributed by atoms with van der Waals surface area (Å²) in [5, 5.41) is 23.9. The van der Waals surface area contributed by atoms with Crippen molar-refractivity contribution in [2.75, 3.05) is 19.3 Å². The van der Waals surface area contributed by atoms with Gasteiger partial charge >= 0.3 is 5.97 Å². The number of rotatable bonds is 8. The monoisotopic (exact) mass is 523 g/mol. The van der Waals surface area contributed by atoms with Gasteiger partial charge in [-0.3, -0.25) is 4.79 Å². The number of hydrogen-bond donors (Lipinski definition) is 4. The minimum Gasteiger partial charge on any atom is -0.507 e. The summed E-state index contributed by atoms with van der Waals surface area (Å²) in [6.45, 7) is 5.50. The zero-order valence-electron chi connectivity index (χ0n) is 22.0. The summed E-state index contributed by atoms with van der Waals surface area (Å²) in [4.78, 5) is 30.0. The summed E-state index contributed by atoms with van der Waals surface area (Å²) in [5.41, 5.74) is 6.66. The van der Waals surface area contributed by atoms with Crippen LogP contribution in [0.15, 0.2) is 45.3 Å². The molecule has 3 aromatic rings. The average Bonchev–Trinajstić information content (AvgIpc) is 2.87. The maximum atomic E-state index is 13.0. The molecular weight excluding hydrogens is 490 g/mol. The van der Waals surface area contributed by atoms with Crippen molar-refractivity contribution in [3.8, 4) is 11.5 Å². The number of aliphatic hydroxyl groups excluding tert-OH is 1. The number of phenols is 1. The number of benzene rings is 1. The van der Waals surface area contributed by atoms with E-state index in [9.17, 15) is 19.8 Å². The second kappa shape index (κ2) is 10.8. The normalized spacial score (nSPS) is 16.7. The number of ether oxygens (including phenoxy) is 2. The van der Waals surface area contributed by atoms with Gasteiger partial charge in [-0.05, 0) is 58.5 Å². The summed E-state index contributed by atoms with van der Waals surface area (Å²) in [7, 11) is 1.80. The summed E-state index contributed by atoms with van der Waals surface area (Å²) < 4.78 is 18.2. The van der Waals surface area contributed by atoms with Gasteiger partial charge in [-0.1, -0.05) is 6.08 Å². The molecule has 1 aliphatic rings. The van der Waals surface area contributed by atoms with Gasteiger partial charge in [0.25, 0.3) is 0 Å². The molecule has 4 rings (SSSR count). The Kier molecular flexibility index (Phi) is 7.75. The van der Waals surface area contributed by atoms with Crippen LogP contribution < -0.4 is 21.2 Å². The highest BCUT2D eigenvalue weighted by molar-refractivity contribution is 5.91. The van der Waals surface area contributed by atoms with Crippen molar-refractivity contribution in [2.45, 2.75) is 58.3 Å². The lowest BCUT2D eigenvalue weighted by atomic mass is 9.86. The number of aliphatic hydroxyl groups is 1. The summed E-state index contributed by atoms with van der Waals surface area (Å²) >= 11 is 0. The van der Waals surface area contributed by atoms with E-state index in [1.807, 2.05) is 0 Å². The number of carbonyl (C=O) groups excluding carboxylic acids is 1. The Morgan fingerprint density at radius 1 is 1.37 bits per heavy atom. The number of fused-ring (bicyclic) bond motifs is 2. The maximum Gasteiger partial charge on any atom is 0.334 e. The molecule has 202 valence electrons. The van der Waals surface area contributed by atoms with Crippen LogP contribution in [0, 0.1) is 0 Å². The number of nitrogen functional groups attached to an aromatic ring is 1. The first-order valence-corrected chi connectivity index (χ1v) is 12.4. The van der Waals surface area contributed by atoms with Crippen molar-refractivity contribution in [1.29, 1.82) is 0 Å². The molecule has 1 atom stereocenters. The number of hydrogen-bond acceptors (Lipinski definition) is 10. The fourth-order valence-electron chi connectivity index (χ4n) is 4.65. The number of esters is 1. The van der Waals surface area contributed by atoms with E-state index in [-0.39, 0.29) is 35.3 Å². The topological polar surface area (TPSA) is 157 Å². The second-order valence-corrected chi connectivity index (χ2v) is 9.81. The van der Waals surface area contributed by atoms with Gasteiger partial charge in [-0.25, -0.2) is 9.78 Å². The van der Waals surface area contributed by atoms with Crippen LogP contribution in [0.25, 0.3) is 11.0 Å². The van der Waals surface area contributed by atoms with E-state index in [1.165, 1.54) is 0 Å². The molecule has 0 aliphatic carbocycles. The number of nitrogens with zero attached hydrogens (tertiary/aromatic N) is 1. The predicted molar refractivity (Wildman–Crippen MR) is 142 cm³/mol. The van der Waals surface area contributed by atoms with Crippen LogP contribution in [0.4, 0.5) is 5.82 Å². The molecule has 0 radical (unpaired) electrons. The standard InChI is InChI=1S/C28H33N3O7/c1-5-16(7-8-30-4)27(35)37-21-13-18-24(34)23-20(33)12-17(14-32)36-26(23)19(25(18)38-28(21,2)3)10-15-6-9-31-22(29)11-15/h5-6,9,11-12,21,30,32,34H,7-8,10,13-14H2,1-4H3,(H2,29,31). The van der Waals surface area contributed by atoms with Gasteiger partial charge in [0.05, 0.1) is 0 Å². The highest BCUT2D eigenvalue weighted by Crippen LogP contribution is 2.46. The summed E-state index contributed by atoms with van der Waals surface area (Å²) in [6.07, 6.45) is 3.41. The lowest BCUT2D eigenvalue weighted by Crippen LogP contribution is -2.49. The first-order valence-electron chi connectivity index (χ1n) is 12.4. The Hall–Kier alpha value is -3.89. The van der Waals surface area contributed by atoms with E-state index in [0.717, 1.165) is 11.6 Å². The molecule has 0 fully saturated rings. The Balaban J connectivity index is 1.85. The quantitative estimate of drug-likeness (QED) is 0.256. The van der Waals surface area contributed by atoms with E-state index in [4.69, 9.17) is 19.6 Å². The molecule has 38 heavy (non-hydrogen) atoms. The van der Waals surface area contributed by atoms with Crippen molar-refractivity contribution >= 4 is 22.8 Å². The lowest BCUT2D eigenvalue weighted by Gasteiger charge is -2.40. The minimum atomic E-state index is -0.981. The SMILES string of the molecule is CC=C(CCNC)C(=O)OC1Cc2c(c(Cc3ccnc(N)c3)c3oc(CO)cc(=O)c3c2O)OC1(C)C. The first-order chi connectivity index (χ1) is 18.1. The zero-order valence-corrected chi connectivity index (χ0v) is 22.0. The van der Waals surface area contributed by atoms with Crippen molar-refractivity contribution in [1.82, 2.24) is 10.3 Å². The Morgan fingerprint density at radius 2 is 2.13 bits per heavy atom. The fraction of sp³-hybridized carbons (Fsp3) is 0.393. The van der Waals surface area contributed by atoms with Crippen LogP contribution in [0.5, 0.6) is 11.5 Å². The molecule has 3 heterocycles. The lowest BCUT2D eigenvalue weighted by molar-refractivity contribution is -0.156. The van der Waals surface area contributed by atoms with E-state index >= 15 is 0 Å². The van der Waals surface area contributed by atoms with Crippen LogP contribution >= 0.6 is 0 Å². The zero-order chi connectivity index (χ0) is 27.6. The third-order valence-electron chi connectivity index (χ3n) is 6.76. The smallest absolute Gasteiger partial charge is 0.334 e. The molecule has 10 heteroatoms. The van der Waals surface area contributed by atoms with Gasteiger partial charge in [-0.2, -0.15) is 0 Å². The average molecular weight is 524 g/mol. The van der Waals surface area contributed by atoms with Crippen LogP contribution in [0.2, 0.25) is 0 Å². The van der Waals surface area contributed by atoms with Crippen LogP contribution in [-0.4, -0.2) is 46.5 Å². The van der Waals surface area contributed by atoms with Crippen molar-refractivity contribution in [2.24, 2.45) is 0 Å². The highest BCUT2D eigenvalue weighted by atomic mass is 16.6. The molecule has 5 N–H and O–H groups in total. The predicted octanol–water partition coefficient (Wildman–Crippen LogP) is 2.74. The largest absolute Gasteiger partial charge is 0.507 e. The number of aromatic nitrogens is 1. The Bertz CT molecular complexity index is 1460. The molecule has 2 aromatic heterocycles. The molecule has 10 nitrogen and oxygen atoms in total. The fourth-order valence-corrected chi connectivity index (χ4v) is 4.65. The van der Waals surface area contributed by atoms with E-state index in [1.54, 1.807) is 52.2 Å². The van der Waals surface area contributed by atoms with Gasteiger partial charge in [0.2, 0.25) is 0 Å². The number of pyridine rings is 1. The van der Waals surface area contributed by atoms with E-state index in [0.29, 0.717) is 41.2 Å². The molecule has 1 unspecified atom stereocenters. The molecule has 0 saturated carbocycles. The highest BCUT2D eigenvalue weighted by Gasteiger charge is 2.43. The Labute approximate surface area is 220 Å². The molecule has 0 spiro atoms. The minimum absolute atomic E-state index is 0.0328. The third-order valence-corrected chi connectivity index (χ3v) is 6.76. The molecule has 0 bridgehead atoms. The van der Waals surface area contributed by atoms with Crippen molar-refractivity contribution in [3.05, 3.63) is 68.7 Å². The second-order valence-electron chi connectivity index (χ2n) is 9.81. The molecule has 0 saturated heterocycles. The first kappa shape index (κ1) is 27.2. The molecule has 1 aliphatic heterocycles. The summed E-state index contributed by atoms with van der Waals surface area (Å²) in [6, 6.07) is 4.62. The molecular formula is C28H33N3O7. The third kappa shape index (κ3) is 5.23. The summed E-state index contributed by atoms with van der Waals surface area (Å²) in [5.74, 6) is -0.0535. The Morgan fingerprint density at radius 3 is 2.79 bits per heavy atom. The number of nitrogens with one attached hydrogen (secondary N) is 1. The van der Waals surface area contributed by atoms with Gasteiger partial charge < -0.3 is 35.2 Å². The van der Waals surface area contributed by atoms with Crippen LogP contribution in [0.1, 0.15) is 49.6 Å². The number of anilines is 1. The number of allylic oxidation sites excluding steroid dienone is 1. The van der Waals surface area contributed by atoms with Gasteiger partial charge in [-0.15, -0.1) is 0 Å². The molecule has 1 aromatic carbocycles. The maximum absolute atomic E-state index is 13.0. The number of aromatic hydroxyl groups is 1. The van der Waals surface area contributed by atoms with Gasteiger partial charge in [0, 0.05) is 41.8 Å². The van der Waals surface area contributed by atoms with Crippen molar-refractivity contribution in [3.63, 3.8) is 0 Å². The molecule has 0 amide bonds. The van der Waals surface area contributed by atoms with E-state index < -0.39 is 29.7 Å². The van der Waals surface area contributed by atoms with E-state index in [2.05, 4.69) is 10.3 Å². The number of carbonyl (C=O) groups is 1. The van der Waals surface area contributed by atoms with Crippen LogP contribution in [-0.2, 0) is 29.0 Å². The van der Waals surface area contributed by atoms with Crippen LogP contribution in [0.3, 0.4) is 0 Å². The van der Waals surface area contributed by atoms with Gasteiger partial charge in [0.1, 0.15) is 52.4 Å². The van der Waals surface area contributed by atoms with Crippen molar-refractivity contribution < 1.29 is 28.9 Å².